The fraction of sp³-hybridized carbons (Fsp3) is 0.467. The Kier molecular flexibility index (Phi) is 4.87. The van der Waals surface area contributed by atoms with Crippen molar-refractivity contribution in [1.82, 2.24) is 0 Å². The van der Waals surface area contributed by atoms with Crippen molar-refractivity contribution < 1.29 is 19.1 Å². The van der Waals surface area contributed by atoms with E-state index in [0.717, 1.165) is 12.0 Å². The van der Waals surface area contributed by atoms with Crippen LogP contribution in [0.2, 0.25) is 0 Å². The van der Waals surface area contributed by atoms with Crippen LogP contribution in [0.3, 0.4) is 0 Å². The van der Waals surface area contributed by atoms with Crippen molar-refractivity contribution in [1.29, 1.82) is 0 Å². The summed E-state index contributed by atoms with van der Waals surface area (Å²) in [6.45, 7) is 3.96. The summed E-state index contributed by atoms with van der Waals surface area (Å²) in [6.07, 6.45) is 0.819. The van der Waals surface area contributed by atoms with Crippen molar-refractivity contribution in [2.45, 2.75) is 13.3 Å². The molecule has 1 aliphatic rings. The van der Waals surface area contributed by atoms with E-state index in [0.29, 0.717) is 37.6 Å². The molecule has 0 saturated heterocycles. The predicted octanol–water partition coefficient (Wildman–Crippen LogP) is 1.58. The average molecular weight is 277 g/mol. The molecule has 0 unspecified atom stereocenters. The number of methoxy groups -OCH3 is 1. The number of carbonyl (C=O) groups excluding carboxylic acids is 2. The SMILES string of the molecule is COCCCOCCN1C(=O)C(=O)c2cc(C)ccc21. The summed E-state index contributed by atoms with van der Waals surface area (Å²) in [4.78, 5) is 25.3. The Labute approximate surface area is 118 Å². The smallest absolute Gasteiger partial charge is 0.299 e. The monoisotopic (exact) mass is 277 g/mol. The summed E-state index contributed by atoms with van der Waals surface area (Å²) in [5, 5.41) is 0. The Morgan fingerprint density at radius 2 is 1.95 bits per heavy atom. The fourth-order valence-corrected chi connectivity index (χ4v) is 2.20. The molecule has 1 aliphatic heterocycles. The maximum atomic E-state index is 11.9. The van der Waals surface area contributed by atoms with E-state index in [-0.39, 0.29) is 0 Å². The highest BCUT2D eigenvalue weighted by Crippen LogP contribution is 2.29. The number of Topliss-reactive ketones (excluding diaryl/α,β-unsaturated/α-hetero) is 1. The molecule has 0 N–H and O–H groups in total. The number of amides is 1. The summed E-state index contributed by atoms with van der Waals surface area (Å²) in [6, 6.07) is 5.48. The summed E-state index contributed by atoms with van der Waals surface area (Å²) in [5.74, 6) is -0.894. The molecule has 0 atom stereocenters. The van der Waals surface area contributed by atoms with Gasteiger partial charge in [-0.05, 0) is 25.5 Å². The molecule has 0 aromatic heterocycles. The van der Waals surface area contributed by atoms with Crippen molar-refractivity contribution in [2.24, 2.45) is 0 Å². The van der Waals surface area contributed by atoms with Crippen LogP contribution in [0.5, 0.6) is 0 Å². The molecule has 1 aromatic rings. The van der Waals surface area contributed by atoms with Gasteiger partial charge in [0.05, 0.1) is 17.9 Å². The number of hydrogen-bond donors (Lipinski definition) is 0. The minimum atomic E-state index is -0.467. The van der Waals surface area contributed by atoms with Gasteiger partial charge in [-0.15, -0.1) is 0 Å². The second kappa shape index (κ2) is 6.63. The number of benzene rings is 1. The summed E-state index contributed by atoms with van der Waals surface area (Å²) in [5.41, 5.74) is 2.16. The lowest BCUT2D eigenvalue weighted by Gasteiger charge is -2.16. The number of carbonyl (C=O) groups is 2. The van der Waals surface area contributed by atoms with E-state index in [1.54, 1.807) is 13.2 Å². The molecular formula is C15H19NO4. The van der Waals surface area contributed by atoms with Gasteiger partial charge in [-0.3, -0.25) is 9.59 Å². The lowest BCUT2D eigenvalue weighted by atomic mass is 10.1. The van der Waals surface area contributed by atoms with Crippen LogP contribution < -0.4 is 4.90 Å². The number of ketones is 1. The highest BCUT2D eigenvalue weighted by Gasteiger charge is 2.35. The zero-order valence-corrected chi connectivity index (χ0v) is 11.8. The van der Waals surface area contributed by atoms with Crippen LogP contribution in [0.4, 0.5) is 5.69 Å². The first kappa shape index (κ1) is 14.7. The average Bonchev–Trinajstić information content (AvgIpc) is 2.67. The quantitative estimate of drug-likeness (QED) is 0.561. The topological polar surface area (TPSA) is 55.8 Å². The van der Waals surface area contributed by atoms with E-state index < -0.39 is 11.7 Å². The van der Waals surface area contributed by atoms with Crippen molar-refractivity contribution in [2.75, 3.05) is 38.4 Å². The first-order chi connectivity index (χ1) is 9.65. The normalized spacial score (nSPS) is 14.0. The Bertz CT molecular complexity index is 513. The lowest BCUT2D eigenvalue weighted by Crippen LogP contribution is -2.32. The minimum Gasteiger partial charge on any atom is -0.385 e. The molecule has 108 valence electrons. The first-order valence-electron chi connectivity index (χ1n) is 6.68. The molecule has 5 nitrogen and oxygen atoms in total. The van der Waals surface area contributed by atoms with Crippen LogP contribution in [0.1, 0.15) is 22.3 Å². The molecule has 1 amide bonds. The number of nitrogens with zero attached hydrogens (tertiary/aromatic N) is 1. The highest BCUT2D eigenvalue weighted by atomic mass is 16.5. The molecule has 0 aliphatic carbocycles. The number of rotatable bonds is 7. The van der Waals surface area contributed by atoms with Gasteiger partial charge < -0.3 is 14.4 Å². The number of hydrogen-bond acceptors (Lipinski definition) is 4. The van der Waals surface area contributed by atoms with Crippen LogP contribution in [-0.4, -0.2) is 45.2 Å². The standard InChI is InChI=1S/C15H19NO4/c1-11-4-5-13-12(10-11)14(17)15(18)16(13)6-9-20-8-3-7-19-2/h4-5,10H,3,6-9H2,1-2H3. The molecule has 5 heteroatoms. The van der Waals surface area contributed by atoms with Crippen LogP contribution >= 0.6 is 0 Å². The van der Waals surface area contributed by atoms with Gasteiger partial charge in [0, 0.05) is 26.9 Å². The largest absolute Gasteiger partial charge is 0.385 e. The van der Waals surface area contributed by atoms with Crippen LogP contribution in [0, 0.1) is 6.92 Å². The van der Waals surface area contributed by atoms with Gasteiger partial charge in [0.1, 0.15) is 0 Å². The van der Waals surface area contributed by atoms with Gasteiger partial charge in [0.15, 0.2) is 0 Å². The van der Waals surface area contributed by atoms with E-state index in [4.69, 9.17) is 9.47 Å². The number of fused-ring (bicyclic) bond motifs is 1. The summed E-state index contributed by atoms with van der Waals surface area (Å²) in [7, 11) is 1.65. The Hall–Kier alpha value is -1.72. The minimum absolute atomic E-state index is 0.396. The van der Waals surface area contributed by atoms with Gasteiger partial charge >= 0.3 is 0 Å². The van der Waals surface area contributed by atoms with E-state index in [2.05, 4.69) is 0 Å². The van der Waals surface area contributed by atoms with Gasteiger partial charge in [-0.25, -0.2) is 0 Å². The molecule has 0 bridgehead atoms. The number of aryl methyl sites for hydroxylation is 1. The van der Waals surface area contributed by atoms with E-state index in [9.17, 15) is 9.59 Å². The van der Waals surface area contributed by atoms with Crippen molar-refractivity contribution >= 4 is 17.4 Å². The molecule has 2 rings (SSSR count). The van der Waals surface area contributed by atoms with Gasteiger partial charge in [0.2, 0.25) is 0 Å². The third kappa shape index (κ3) is 3.05. The van der Waals surface area contributed by atoms with Gasteiger partial charge in [0.25, 0.3) is 11.7 Å². The third-order valence-corrected chi connectivity index (χ3v) is 3.22. The molecule has 20 heavy (non-hydrogen) atoms. The summed E-state index contributed by atoms with van der Waals surface area (Å²) >= 11 is 0. The summed E-state index contributed by atoms with van der Waals surface area (Å²) < 4.78 is 10.4. The molecule has 0 radical (unpaired) electrons. The third-order valence-electron chi connectivity index (χ3n) is 3.22. The van der Waals surface area contributed by atoms with Crippen LogP contribution in [0.25, 0.3) is 0 Å². The van der Waals surface area contributed by atoms with E-state index >= 15 is 0 Å². The van der Waals surface area contributed by atoms with Crippen LogP contribution in [0.15, 0.2) is 18.2 Å². The van der Waals surface area contributed by atoms with Crippen molar-refractivity contribution in [3.05, 3.63) is 29.3 Å². The zero-order chi connectivity index (χ0) is 14.5. The maximum absolute atomic E-state index is 11.9. The van der Waals surface area contributed by atoms with Crippen molar-refractivity contribution in [3.8, 4) is 0 Å². The van der Waals surface area contributed by atoms with E-state index in [1.165, 1.54) is 4.90 Å². The molecular weight excluding hydrogens is 258 g/mol. The van der Waals surface area contributed by atoms with E-state index in [1.807, 2.05) is 19.1 Å². The first-order valence-corrected chi connectivity index (χ1v) is 6.68. The Morgan fingerprint density at radius 3 is 2.70 bits per heavy atom. The number of anilines is 1. The second-order valence-corrected chi connectivity index (χ2v) is 4.77. The highest BCUT2D eigenvalue weighted by molar-refractivity contribution is 6.52. The Balaban J connectivity index is 1.93. The molecule has 0 fully saturated rings. The van der Waals surface area contributed by atoms with Crippen LogP contribution in [-0.2, 0) is 14.3 Å². The number of ether oxygens (including phenoxy) is 2. The Morgan fingerprint density at radius 1 is 1.15 bits per heavy atom. The lowest BCUT2D eigenvalue weighted by molar-refractivity contribution is -0.114. The van der Waals surface area contributed by atoms with Crippen molar-refractivity contribution in [3.63, 3.8) is 0 Å². The maximum Gasteiger partial charge on any atom is 0.299 e. The van der Waals surface area contributed by atoms with Gasteiger partial charge in [-0.2, -0.15) is 0 Å². The predicted molar refractivity (Wildman–Crippen MR) is 75.2 cm³/mol. The molecule has 0 saturated carbocycles. The zero-order valence-electron chi connectivity index (χ0n) is 11.8. The van der Waals surface area contributed by atoms with Gasteiger partial charge in [-0.1, -0.05) is 11.6 Å². The molecule has 0 spiro atoms. The second-order valence-electron chi connectivity index (χ2n) is 4.77. The molecule has 1 aromatic carbocycles. The molecule has 1 heterocycles. The fourth-order valence-electron chi connectivity index (χ4n) is 2.20.